The van der Waals surface area contributed by atoms with Crippen LogP contribution in [-0.2, 0) is 4.74 Å². The van der Waals surface area contributed by atoms with Crippen molar-refractivity contribution in [3.05, 3.63) is 67.4 Å². The third kappa shape index (κ3) is 5.00. The first-order valence-electron chi connectivity index (χ1n) is 11.7. The van der Waals surface area contributed by atoms with E-state index >= 15 is 0 Å². The molecule has 190 valence electrons. The molecule has 4 rings (SSSR count). The van der Waals surface area contributed by atoms with Gasteiger partial charge in [0.2, 0.25) is 0 Å². The lowest BCUT2D eigenvalue weighted by atomic mass is 9.89. The minimum atomic E-state index is -0.348. The van der Waals surface area contributed by atoms with Crippen molar-refractivity contribution in [2.45, 2.75) is 34.6 Å². The van der Waals surface area contributed by atoms with Crippen LogP contribution in [0.15, 0.2) is 54.8 Å². The average molecular weight is 681 g/mol. The third-order valence-electron chi connectivity index (χ3n) is 5.91. The van der Waals surface area contributed by atoms with Crippen LogP contribution in [0.2, 0.25) is 0 Å². The van der Waals surface area contributed by atoms with Crippen LogP contribution in [0.5, 0.6) is 0 Å². The second kappa shape index (κ2) is 11.9. The highest BCUT2D eigenvalue weighted by Gasteiger charge is 2.26. The van der Waals surface area contributed by atoms with Gasteiger partial charge in [-0.3, -0.25) is 4.99 Å². The molecule has 1 heterocycles. The first-order chi connectivity index (χ1) is 16.8. The number of carbonyl (C=O) groups is 1. The van der Waals surface area contributed by atoms with Crippen LogP contribution in [0, 0.1) is 13.8 Å². The summed E-state index contributed by atoms with van der Waals surface area (Å²) >= 11 is 7.58. The molecule has 5 nitrogen and oxygen atoms in total. The average Bonchev–Trinajstić information content (AvgIpc) is 2.84. The molecule has 0 amide bonds. The number of halogens is 3. The topological polar surface area (TPSA) is 63.8 Å². The van der Waals surface area contributed by atoms with Crippen LogP contribution < -0.4 is 10.7 Å². The van der Waals surface area contributed by atoms with E-state index in [1.54, 1.807) is 0 Å². The number of esters is 1. The highest BCUT2D eigenvalue weighted by molar-refractivity contribution is 9.11. The van der Waals surface area contributed by atoms with E-state index in [9.17, 15) is 4.79 Å². The molecule has 1 N–H and O–H groups in total. The van der Waals surface area contributed by atoms with Crippen molar-refractivity contribution >= 4 is 71.5 Å². The number of carbonyl (C=O) groups excluding carboxylic acids is 1. The number of nitrogens with one attached hydrogen (secondary N) is 1. The lowest BCUT2D eigenvalue weighted by Gasteiger charge is -2.21. The highest BCUT2D eigenvalue weighted by atomic mass is 79.9. The van der Waals surface area contributed by atoms with Gasteiger partial charge in [0.05, 0.1) is 32.2 Å². The molecule has 2 aliphatic rings. The molecular formula is C28H29Br3N2O3. The molecule has 2 aromatic rings. The first-order valence-corrected chi connectivity index (χ1v) is 13.3. The van der Waals surface area contributed by atoms with E-state index in [1.807, 2.05) is 45.0 Å². The largest absolute Gasteiger partial charge is 0.462 e. The number of benzene rings is 3. The van der Waals surface area contributed by atoms with E-state index in [0.29, 0.717) is 30.1 Å². The van der Waals surface area contributed by atoms with E-state index in [-0.39, 0.29) is 23.0 Å². The zero-order chi connectivity index (χ0) is 25.3. The molecule has 0 fully saturated rings. The molecule has 1 aliphatic heterocycles. The zero-order valence-corrected chi connectivity index (χ0v) is 25.8. The molecule has 0 aromatic heterocycles. The van der Waals surface area contributed by atoms with Crippen molar-refractivity contribution < 1.29 is 13.9 Å². The van der Waals surface area contributed by atoms with E-state index in [2.05, 4.69) is 68.1 Å². The molecule has 0 bridgehead atoms. The van der Waals surface area contributed by atoms with Gasteiger partial charge in [-0.25, -0.2) is 4.79 Å². The number of hydrogen-bond donors (Lipinski definition) is 1. The molecule has 8 heteroatoms. The lowest BCUT2D eigenvalue weighted by molar-refractivity contribution is 0.0527. The van der Waals surface area contributed by atoms with Crippen LogP contribution in [0.4, 0.5) is 5.69 Å². The Labute approximate surface area is 238 Å². The Morgan fingerprint density at radius 3 is 2.42 bits per heavy atom. The summed E-state index contributed by atoms with van der Waals surface area (Å²) in [5.41, 5.74) is 6.91. The maximum Gasteiger partial charge on any atom is 0.338 e. The molecule has 36 heavy (non-hydrogen) atoms. The summed E-state index contributed by atoms with van der Waals surface area (Å²) in [6, 6.07) is 11.8. The Morgan fingerprint density at radius 1 is 1.03 bits per heavy atom. The van der Waals surface area contributed by atoms with Gasteiger partial charge in [0.15, 0.2) is 11.3 Å². The SMILES string of the molecule is Br.CCN=c1c(C)cc2c(-c3ccccc3C(=O)OCC)c3cc(C)c(NCC)c(Br)c3oc-2c1Br. The van der Waals surface area contributed by atoms with E-state index < -0.39 is 0 Å². The van der Waals surface area contributed by atoms with Gasteiger partial charge >= 0.3 is 5.97 Å². The Morgan fingerprint density at radius 2 is 1.75 bits per heavy atom. The number of ether oxygens (including phenoxy) is 1. The summed E-state index contributed by atoms with van der Waals surface area (Å²) in [5.74, 6) is 0.328. The maximum absolute atomic E-state index is 13.0. The van der Waals surface area contributed by atoms with E-state index in [0.717, 1.165) is 59.7 Å². The van der Waals surface area contributed by atoms with Gasteiger partial charge in [0.1, 0.15) is 0 Å². The number of nitrogens with zero attached hydrogens (tertiary/aromatic N) is 1. The predicted octanol–water partition coefficient (Wildman–Crippen LogP) is 8.45. The van der Waals surface area contributed by atoms with Gasteiger partial charge in [0.25, 0.3) is 0 Å². The van der Waals surface area contributed by atoms with Crippen molar-refractivity contribution in [1.82, 2.24) is 0 Å². The van der Waals surface area contributed by atoms with Crippen molar-refractivity contribution in [3.8, 4) is 22.5 Å². The summed E-state index contributed by atoms with van der Waals surface area (Å²) in [6.45, 7) is 11.7. The molecular weight excluding hydrogens is 652 g/mol. The second-order valence-electron chi connectivity index (χ2n) is 8.24. The molecule has 0 atom stereocenters. The van der Waals surface area contributed by atoms with Crippen molar-refractivity contribution in [1.29, 1.82) is 0 Å². The fraction of sp³-hybridized carbons (Fsp3) is 0.286. The second-order valence-corrected chi connectivity index (χ2v) is 9.83. The van der Waals surface area contributed by atoms with E-state index in [4.69, 9.17) is 9.15 Å². The summed E-state index contributed by atoms with van der Waals surface area (Å²) in [5, 5.41) is 5.21. The Balaban J connectivity index is 0.00000361. The van der Waals surface area contributed by atoms with Crippen LogP contribution in [0.1, 0.15) is 42.3 Å². The van der Waals surface area contributed by atoms with Gasteiger partial charge < -0.3 is 14.5 Å². The monoisotopic (exact) mass is 678 g/mol. The fourth-order valence-electron chi connectivity index (χ4n) is 4.45. The smallest absolute Gasteiger partial charge is 0.338 e. The van der Waals surface area contributed by atoms with Crippen LogP contribution >= 0.6 is 48.8 Å². The van der Waals surface area contributed by atoms with Gasteiger partial charge in [-0.15, -0.1) is 17.0 Å². The van der Waals surface area contributed by atoms with Crippen molar-refractivity contribution in [2.24, 2.45) is 4.99 Å². The van der Waals surface area contributed by atoms with Gasteiger partial charge in [-0.1, -0.05) is 18.2 Å². The van der Waals surface area contributed by atoms with Crippen LogP contribution in [0.25, 0.3) is 33.4 Å². The number of aryl methyl sites for hydroxylation is 2. The van der Waals surface area contributed by atoms with Gasteiger partial charge in [-0.05, 0) is 101 Å². The van der Waals surface area contributed by atoms with Gasteiger partial charge in [0, 0.05) is 29.6 Å². The van der Waals surface area contributed by atoms with Gasteiger partial charge in [-0.2, -0.15) is 0 Å². The predicted molar refractivity (Wildman–Crippen MR) is 160 cm³/mol. The quantitative estimate of drug-likeness (QED) is 0.164. The van der Waals surface area contributed by atoms with Crippen LogP contribution in [0.3, 0.4) is 0 Å². The standard InChI is InChI=1S/C28H28Br2N2O3.BrH/c1-6-31-24-15(4)13-19-21(17-11-9-10-12-18(17)28(33)34-8-3)20-14-16(5)25(32-7-2)23(30)27(20)35-26(19)22(24)29;/h9-14,31H,6-8H2,1-5H3;1H. The minimum absolute atomic E-state index is 0. The highest BCUT2D eigenvalue weighted by Crippen LogP contribution is 2.47. The summed E-state index contributed by atoms with van der Waals surface area (Å²) in [7, 11) is 0. The summed E-state index contributed by atoms with van der Waals surface area (Å²) in [6.07, 6.45) is 0. The third-order valence-corrected chi connectivity index (χ3v) is 7.40. The lowest BCUT2D eigenvalue weighted by Crippen LogP contribution is -2.13. The molecule has 0 unspecified atom stereocenters. The Hall–Kier alpha value is -2.16. The zero-order valence-electron chi connectivity index (χ0n) is 20.9. The Bertz CT molecular complexity index is 1480. The minimum Gasteiger partial charge on any atom is -0.462 e. The number of rotatable bonds is 6. The first kappa shape index (κ1) is 28.4. The molecule has 1 aliphatic carbocycles. The maximum atomic E-state index is 13.0. The molecule has 0 saturated carbocycles. The van der Waals surface area contributed by atoms with Crippen molar-refractivity contribution in [3.63, 3.8) is 0 Å². The number of hydrogen-bond acceptors (Lipinski definition) is 5. The summed E-state index contributed by atoms with van der Waals surface area (Å²) in [4.78, 5) is 17.7. The number of fused-ring (bicyclic) bond motifs is 2. The van der Waals surface area contributed by atoms with E-state index in [1.165, 1.54) is 0 Å². The molecule has 0 saturated heterocycles. The van der Waals surface area contributed by atoms with Crippen LogP contribution in [-0.4, -0.2) is 25.7 Å². The number of anilines is 1. The Kier molecular flexibility index (Phi) is 9.41. The molecule has 0 radical (unpaired) electrons. The van der Waals surface area contributed by atoms with Crippen molar-refractivity contribution in [2.75, 3.05) is 25.0 Å². The molecule has 2 aromatic carbocycles. The fourth-order valence-corrected chi connectivity index (χ4v) is 5.93. The molecule has 0 spiro atoms. The normalized spacial score (nSPS) is 11.6. The summed E-state index contributed by atoms with van der Waals surface area (Å²) < 4.78 is 13.6.